The molecule has 0 fully saturated rings. The molecule has 0 aliphatic rings. The van der Waals surface area contributed by atoms with Crippen molar-refractivity contribution in [1.82, 2.24) is 5.16 Å². The molecule has 0 aliphatic heterocycles. The SMILES string of the molecule is Cc1noc(C)c1C(C)C[n+]1occ(C(C)C)c1C. The van der Waals surface area contributed by atoms with Gasteiger partial charge in [0.2, 0.25) is 12.2 Å². The second kappa shape index (κ2) is 5.19. The zero-order chi connectivity index (χ0) is 14.2. The lowest BCUT2D eigenvalue weighted by atomic mass is 9.99. The average molecular weight is 263 g/mol. The molecule has 0 bridgehead atoms. The van der Waals surface area contributed by atoms with E-state index in [9.17, 15) is 0 Å². The molecule has 2 aromatic rings. The highest BCUT2D eigenvalue weighted by Gasteiger charge is 2.25. The second-order valence-electron chi connectivity index (χ2n) is 5.62. The van der Waals surface area contributed by atoms with Crippen LogP contribution in [-0.2, 0) is 6.54 Å². The lowest BCUT2D eigenvalue weighted by Crippen LogP contribution is -2.37. The van der Waals surface area contributed by atoms with Crippen LogP contribution in [0.15, 0.2) is 15.3 Å². The predicted octanol–water partition coefficient (Wildman–Crippen LogP) is 3.41. The molecular formula is C15H23N2O2+. The van der Waals surface area contributed by atoms with Gasteiger partial charge in [-0.15, -0.1) is 0 Å². The summed E-state index contributed by atoms with van der Waals surface area (Å²) < 4.78 is 12.9. The summed E-state index contributed by atoms with van der Waals surface area (Å²) in [5.74, 6) is 1.71. The summed E-state index contributed by atoms with van der Waals surface area (Å²) in [6.45, 7) is 13.4. The van der Waals surface area contributed by atoms with Gasteiger partial charge in [-0.25, -0.2) is 4.52 Å². The second-order valence-corrected chi connectivity index (χ2v) is 5.62. The highest BCUT2D eigenvalue weighted by atomic mass is 16.5. The molecule has 19 heavy (non-hydrogen) atoms. The van der Waals surface area contributed by atoms with Gasteiger partial charge in [0, 0.05) is 12.5 Å². The van der Waals surface area contributed by atoms with E-state index in [1.165, 1.54) is 16.8 Å². The first kappa shape index (κ1) is 13.8. The zero-order valence-electron chi connectivity index (χ0n) is 12.7. The normalized spacial score (nSPS) is 13.2. The molecule has 0 spiro atoms. The third-order valence-electron chi connectivity index (χ3n) is 3.74. The Morgan fingerprint density at radius 2 is 1.89 bits per heavy atom. The molecule has 0 saturated carbocycles. The molecule has 2 rings (SSSR count). The van der Waals surface area contributed by atoms with Gasteiger partial charge in [-0.3, -0.25) is 0 Å². The van der Waals surface area contributed by atoms with E-state index in [0.717, 1.165) is 18.0 Å². The molecule has 4 nitrogen and oxygen atoms in total. The van der Waals surface area contributed by atoms with Gasteiger partial charge >= 0.3 is 0 Å². The summed E-state index contributed by atoms with van der Waals surface area (Å²) >= 11 is 0. The minimum absolute atomic E-state index is 0.320. The summed E-state index contributed by atoms with van der Waals surface area (Å²) in [5, 5.41) is 4.02. The van der Waals surface area contributed by atoms with Crippen molar-refractivity contribution in [3.63, 3.8) is 0 Å². The molecule has 2 heterocycles. The highest BCUT2D eigenvalue weighted by Crippen LogP contribution is 2.24. The number of nitrogens with zero attached hydrogens (tertiary/aromatic N) is 2. The number of rotatable bonds is 4. The Kier molecular flexibility index (Phi) is 3.78. The third kappa shape index (κ3) is 2.57. The van der Waals surface area contributed by atoms with E-state index in [4.69, 9.17) is 9.05 Å². The maximum absolute atomic E-state index is 5.67. The van der Waals surface area contributed by atoms with Crippen molar-refractivity contribution in [2.75, 3.05) is 0 Å². The third-order valence-corrected chi connectivity index (χ3v) is 3.74. The van der Waals surface area contributed by atoms with Crippen molar-refractivity contribution >= 4 is 0 Å². The zero-order valence-corrected chi connectivity index (χ0v) is 12.7. The number of aromatic nitrogens is 2. The quantitative estimate of drug-likeness (QED) is 0.794. The van der Waals surface area contributed by atoms with Crippen molar-refractivity contribution in [2.24, 2.45) is 0 Å². The molecule has 0 amide bonds. The Morgan fingerprint density at radius 3 is 2.37 bits per heavy atom. The largest absolute Gasteiger partial charge is 0.361 e. The molecule has 0 saturated heterocycles. The number of hydrogen-bond acceptors (Lipinski definition) is 3. The van der Waals surface area contributed by atoms with Crippen LogP contribution in [0.25, 0.3) is 0 Å². The van der Waals surface area contributed by atoms with Crippen molar-refractivity contribution < 1.29 is 13.8 Å². The van der Waals surface area contributed by atoms with Gasteiger partial charge in [0.05, 0.1) is 17.2 Å². The van der Waals surface area contributed by atoms with Crippen LogP contribution in [-0.4, -0.2) is 5.16 Å². The molecule has 0 N–H and O–H groups in total. The standard InChI is InChI=1S/C15H23N2O2/c1-9(2)14-8-18-17(12(14)5)7-10(3)15-11(4)16-19-13(15)6/h8-10H,7H2,1-6H3/q+1. The van der Waals surface area contributed by atoms with Crippen LogP contribution in [0.5, 0.6) is 0 Å². The van der Waals surface area contributed by atoms with Crippen LogP contribution < -0.4 is 4.74 Å². The Morgan fingerprint density at radius 1 is 1.21 bits per heavy atom. The van der Waals surface area contributed by atoms with Crippen molar-refractivity contribution in [1.29, 1.82) is 0 Å². The van der Waals surface area contributed by atoms with E-state index in [-0.39, 0.29) is 0 Å². The average Bonchev–Trinajstić information content (AvgIpc) is 2.84. The van der Waals surface area contributed by atoms with Crippen LogP contribution in [0.2, 0.25) is 0 Å². The first-order chi connectivity index (χ1) is 8.91. The van der Waals surface area contributed by atoms with Crippen molar-refractivity contribution in [2.45, 2.75) is 59.9 Å². The van der Waals surface area contributed by atoms with E-state index in [1.54, 1.807) is 0 Å². The minimum atomic E-state index is 0.320. The predicted molar refractivity (Wildman–Crippen MR) is 72.1 cm³/mol. The Bertz CT molecular complexity index is 547. The van der Waals surface area contributed by atoms with E-state index in [0.29, 0.717) is 11.8 Å². The molecule has 104 valence electrons. The van der Waals surface area contributed by atoms with E-state index < -0.39 is 0 Å². The highest BCUT2D eigenvalue weighted by molar-refractivity contribution is 5.24. The van der Waals surface area contributed by atoms with Gasteiger partial charge in [-0.1, -0.05) is 25.9 Å². The van der Waals surface area contributed by atoms with Crippen molar-refractivity contribution in [3.8, 4) is 0 Å². The Hall–Kier alpha value is -1.58. The first-order valence-corrected chi connectivity index (χ1v) is 6.82. The summed E-state index contributed by atoms with van der Waals surface area (Å²) in [6.07, 6.45) is 1.86. The van der Waals surface area contributed by atoms with Crippen LogP contribution in [0.4, 0.5) is 0 Å². The first-order valence-electron chi connectivity index (χ1n) is 6.82. The van der Waals surface area contributed by atoms with E-state index in [1.807, 2.05) is 24.9 Å². The molecule has 0 aliphatic carbocycles. The maximum Gasteiger partial charge on any atom is 0.231 e. The molecule has 1 unspecified atom stereocenters. The van der Waals surface area contributed by atoms with Crippen LogP contribution in [0.1, 0.15) is 60.9 Å². The smallest absolute Gasteiger partial charge is 0.231 e. The number of hydrogen-bond donors (Lipinski definition) is 0. The van der Waals surface area contributed by atoms with Gasteiger partial charge in [0.15, 0.2) is 6.26 Å². The molecule has 2 aromatic heterocycles. The van der Waals surface area contributed by atoms with Gasteiger partial charge < -0.3 is 4.52 Å². The minimum Gasteiger partial charge on any atom is -0.361 e. The topological polar surface area (TPSA) is 43.0 Å². The van der Waals surface area contributed by atoms with Gasteiger partial charge in [-0.05, 0) is 24.5 Å². The molecule has 4 heteroatoms. The maximum atomic E-state index is 5.67. The van der Waals surface area contributed by atoms with Crippen molar-refractivity contribution in [3.05, 3.63) is 34.5 Å². The number of aryl methyl sites for hydroxylation is 2. The fourth-order valence-electron chi connectivity index (χ4n) is 2.70. The lowest BCUT2D eigenvalue weighted by Gasteiger charge is -2.05. The summed E-state index contributed by atoms with van der Waals surface area (Å²) in [4.78, 5) is 0. The van der Waals surface area contributed by atoms with Crippen LogP contribution in [0, 0.1) is 20.8 Å². The van der Waals surface area contributed by atoms with E-state index in [2.05, 4.69) is 32.9 Å². The molecular weight excluding hydrogens is 240 g/mol. The summed E-state index contributed by atoms with van der Waals surface area (Å²) in [6, 6.07) is 0. The van der Waals surface area contributed by atoms with E-state index >= 15 is 0 Å². The van der Waals surface area contributed by atoms with Crippen LogP contribution in [0.3, 0.4) is 0 Å². The molecule has 0 aromatic carbocycles. The summed E-state index contributed by atoms with van der Waals surface area (Å²) in [5.41, 5.74) is 4.63. The molecule has 0 radical (unpaired) electrons. The van der Waals surface area contributed by atoms with Gasteiger partial charge in [0.1, 0.15) is 5.76 Å². The Labute approximate surface area is 114 Å². The fraction of sp³-hybridized carbons (Fsp3) is 0.600. The summed E-state index contributed by atoms with van der Waals surface area (Å²) in [7, 11) is 0. The van der Waals surface area contributed by atoms with Crippen LogP contribution >= 0.6 is 0 Å². The molecule has 1 atom stereocenters. The Balaban J connectivity index is 2.22. The van der Waals surface area contributed by atoms with Gasteiger partial charge in [0.25, 0.3) is 0 Å². The lowest BCUT2D eigenvalue weighted by molar-refractivity contribution is -0.869. The fourth-order valence-corrected chi connectivity index (χ4v) is 2.70. The monoisotopic (exact) mass is 263 g/mol. The van der Waals surface area contributed by atoms with Gasteiger partial charge in [-0.2, -0.15) is 0 Å².